The van der Waals surface area contributed by atoms with Crippen LogP contribution in [0.25, 0.3) is 11.4 Å². The van der Waals surface area contributed by atoms with Gasteiger partial charge in [0.15, 0.2) is 11.6 Å². The summed E-state index contributed by atoms with van der Waals surface area (Å²) < 4.78 is 0. The Hall–Kier alpha value is -3.40. The highest BCUT2D eigenvalue weighted by Gasteiger charge is 2.09. The fourth-order valence-corrected chi connectivity index (χ4v) is 2.36. The third-order valence-electron chi connectivity index (χ3n) is 3.58. The number of anilines is 2. The van der Waals surface area contributed by atoms with Gasteiger partial charge in [0.2, 0.25) is 0 Å². The Morgan fingerprint density at radius 3 is 2.83 bits per heavy atom. The molecule has 0 aliphatic heterocycles. The zero-order valence-electron chi connectivity index (χ0n) is 13.0. The van der Waals surface area contributed by atoms with Crippen molar-refractivity contribution in [3.05, 3.63) is 53.9 Å². The van der Waals surface area contributed by atoms with Crippen LogP contribution in [0.1, 0.15) is 17.7 Å². The van der Waals surface area contributed by atoms with Crippen LogP contribution in [-0.4, -0.2) is 26.7 Å². The van der Waals surface area contributed by atoms with E-state index in [1.165, 1.54) is 0 Å². The van der Waals surface area contributed by atoms with Crippen LogP contribution in [0.4, 0.5) is 11.6 Å². The van der Waals surface area contributed by atoms with Crippen LogP contribution in [0, 0.1) is 11.3 Å². The number of nitrogens with zero attached hydrogens (tertiary/aromatic N) is 4. The molecule has 3 rings (SSSR count). The first-order valence-corrected chi connectivity index (χ1v) is 7.63. The Morgan fingerprint density at radius 1 is 1.21 bits per heavy atom. The number of aryl methyl sites for hydroxylation is 1. The average molecular weight is 319 g/mol. The quantitative estimate of drug-likeness (QED) is 0.601. The van der Waals surface area contributed by atoms with E-state index < -0.39 is 0 Å². The Bertz CT molecular complexity index is 849. The van der Waals surface area contributed by atoms with E-state index in [1.807, 2.05) is 36.4 Å². The number of hydrogen-bond donors (Lipinski definition) is 3. The third kappa shape index (κ3) is 3.50. The van der Waals surface area contributed by atoms with Crippen molar-refractivity contribution in [2.75, 3.05) is 17.6 Å². The summed E-state index contributed by atoms with van der Waals surface area (Å²) in [4.78, 5) is 8.81. The van der Waals surface area contributed by atoms with E-state index in [9.17, 15) is 0 Å². The summed E-state index contributed by atoms with van der Waals surface area (Å²) in [5.41, 5.74) is 7.80. The molecule has 1 aromatic carbocycles. The van der Waals surface area contributed by atoms with Crippen LogP contribution in [-0.2, 0) is 6.42 Å². The molecule has 4 N–H and O–H groups in total. The van der Waals surface area contributed by atoms with E-state index in [0.29, 0.717) is 17.8 Å². The molecule has 0 aliphatic carbocycles. The van der Waals surface area contributed by atoms with Crippen molar-refractivity contribution in [2.24, 2.45) is 0 Å². The molecule has 0 saturated heterocycles. The maximum Gasteiger partial charge on any atom is 0.163 e. The number of aromatic amines is 1. The zero-order chi connectivity index (χ0) is 16.8. The van der Waals surface area contributed by atoms with Crippen LogP contribution < -0.4 is 11.1 Å². The van der Waals surface area contributed by atoms with Crippen LogP contribution in [0.3, 0.4) is 0 Å². The van der Waals surface area contributed by atoms with Gasteiger partial charge in [-0.2, -0.15) is 10.4 Å². The molecule has 0 saturated carbocycles. The van der Waals surface area contributed by atoms with E-state index in [4.69, 9.17) is 11.0 Å². The van der Waals surface area contributed by atoms with Crippen LogP contribution in [0.2, 0.25) is 0 Å². The highest BCUT2D eigenvalue weighted by atomic mass is 15.2. The molecule has 0 bridgehead atoms. The summed E-state index contributed by atoms with van der Waals surface area (Å²) in [6.07, 6.45) is 3.25. The van der Waals surface area contributed by atoms with E-state index in [2.05, 4.69) is 31.6 Å². The smallest absolute Gasteiger partial charge is 0.163 e. The van der Waals surface area contributed by atoms with Crippen LogP contribution >= 0.6 is 0 Å². The molecule has 7 heteroatoms. The van der Waals surface area contributed by atoms with Crippen molar-refractivity contribution in [1.82, 2.24) is 20.2 Å². The molecule has 7 nitrogen and oxygen atoms in total. The number of nitrogens with two attached hydrogens (primary N) is 1. The van der Waals surface area contributed by atoms with Crippen molar-refractivity contribution in [3.8, 4) is 17.5 Å². The lowest BCUT2D eigenvalue weighted by molar-refractivity contribution is 0.822. The van der Waals surface area contributed by atoms with Gasteiger partial charge in [0, 0.05) is 18.3 Å². The summed E-state index contributed by atoms with van der Waals surface area (Å²) in [7, 11) is 0. The SMILES string of the molecule is N#Cc1c(N)n[nH]c1CCCNc1ccnc(-c2ccccc2)n1. The number of H-pyrrole nitrogens is 1. The zero-order valence-corrected chi connectivity index (χ0v) is 13.0. The Balaban J connectivity index is 1.57. The second-order valence-electron chi connectivity index (χ2n) is 5.24. The predicted octanol–water partition coefficient (Wildman–Crippen LogP) is 2.37. The van der Waals surface area contributed by atoms with Crippen molar-refractivity contribution in [1.29, 1.82) is 5.26 Å². The monoisotopic (exact) mass is 319 g/mol. The van der Waals surface area contributed by atoms with Crippen molar-refractivity contribution in [2.45, 2.75) is 12.8 Å². The predicted molar refractivity (Wildman–Crippen MR) is 92.0 cm³/mol. The summed E-state index contributed by atoms with van der Waals surface area (Å²) >= 11 is 0. The standard InChI is InChI=1S/C17H17N7/c18-11-13-14(23-24-16(13)19)7-4-9-20-15-8-10-21-17(22-15)12-5-2-1-3-6-12/h1-3,5-6,8,10H,4,7,9H2,(H3,19,23,24)(H,20,21,22). The van der Waals surface area contributed by atoms with Gasteiger partial charge in [-0.15, -0.1) is 0 Å². The molecular formula is C17H17N7. The lowest BCUT2D eigenvalue weighted by atomic mass is 10.1. The minimum atomic E-state index is 0.253. The molecular weight excluding hydrogens is 302 g/mol. The van der Waals surface area contributed by atoms with E-state index in [-0.39, 0.29) is 5.82 Å². The van der Waals surface area contributed by atoms with Gasteiger partial charge < -0.3 is 11.1 Å². The van der Waals surface area contributed by atoms with Crippen LogP contribution in [0.15, 0.2) is 42.6 Å². The van der Waals surface area contributed by atoms with Gasteiger partial charge in [-0.05, 0) is 18.9 Å². The number of aromatic nitrogens is 4. The number of rotatable bonds is 6. The average Bonchev–Trinajstić information content (AvgIpc) is 2.99. The molecule has 2 aromatic heterocycles. The van der Waals surface area contributed by atoms with Gasteiger partial charge in [0.25, 0.3) is 0 Å². The van der Waals surface area contributed by atoms with Gasteiger partial charge in [-0.25, -0.2) is 9.97 Å². The number of benzene rings is 1. The van der Waals surface area contributed by atoms with E-state index in [1.54, 1.807) is 6.20 Å². The summed E-state index contributed by atoms with van der Waals surface area (Å²) in [5.74, 6) is 1.71. The molecule has 24 heavy (non-hydrogen) atoms. The maximum absolute atomic E-state index is 9.04. The van der Waals surface area contributed by atoms with Gasteiger partial charge in [0.05, 0.1) is 5.69 Å². The summed E-state index contributed by atoms with van der Waals surface area (Å²) in [6, 6.07) is 13.7. The number of nitrogens with one attached hydrogen (secondary N) is 2. The highest BCUT2D eigenvalue weighted by molar-refractivity contribution is 5.56. The molecule has 0 unspecified atom stereocenters. The number of nitriles is 1. The molecule has 0 aliphatic rings. The lowest BCUT2D eigenvalue weighted by Gasteiger charge is -2.07. The van der Waals surface area contributed by atoms with Gasteiger partial charge in [-0.3, -0.25) is 5.10 Å². The molecule has 2 heterocycles. The largest absolute Gasteiger partial charge is 0.381 e. The van der Waals surface area contributed by atoms with Crippen molar-refractivity contribution in [3.63, 3.8) is 0 Å². The Labute approximate surface area is 139 Å². The first kappa shape index (κ1) is 15.5. The topological polar surface area (TPSA) is 116 Å². The summed E-state index contributed by atoms with van der Waals surface area (Å²) in [5, 5.41) is 19.0. The molecule has 0 fully saturated rings. The summed E-state index contributed by atoms with van der Waals surface area (Å²) in [6.45, 7) is 0.717. The fraction of sp³-hybridized carbons (Fsp3) is 0.176. The van der Waals surface area contributed by atoms with Crippen molar-refractivity contribution < 1.29 is 0 Å². The Morgan fingerprint density at radius 2 is 2.04 bits per heavy atom. The fourth-order valence-electron chi connectivity index (χ4n) is 2.36. The number of hydrogen-bond acceptors (Lipinski definition) is 6. The lowest BCUT2D eigenvalue weighted by Crippen LogP contribution is -2.06. The van der Waals surface area contributed by atoms with Crippen LogP contribution in [0.5, 0.6) is 0 Å². The van der Waals surface area contributed by atoms with Gasteiger partial charge in [0.1, 0.15) is 17.5 Å². The minimum absolute atomic E-state index is 0.253. The minimum Gasteiger partial charge on any atom is -0.381 e. The molecule has 0 amide bonds. The normalized spacial score (nSPS) is 10.3. The molecule has 0 spiro atoms. The van der Waals surface area contributed by atoms with Gasteiger partial charge >= 0.3 is 0 Å². The van der Waals surface area contributed by atoms with Crippen molar-refractivity contribution >= 4 is 11.6 Å². The van der Waals surface area contributed by atoms with E-state index >= 15 is 0 Å². The van der Waals surface area contributed by atoms with Gasteiger partial charge in [-0.1, -0.05) is 30.3 Å². The second kappa shape index (κ2) is 7.24. The molecule has 3 aromatic rings. The maximum atomic E-state index is 9.04. The molecule has 0 atom stereocenters. The highest BCUT2D eigenvalue weighted by Crippen LogP contribution is 2.16. The molecule has 0 radical (unpaired) electrons. The third-order valence-corrected chi connectivity index (χ3v) is 3.58. The molecule has 120 valence electrons. The first-order chi connectivity index (χ1) is 11.8. The second-order valence-corrected chi connectivity index (χ2v) is 5.24. The first-order valence-electron chi connectivity index (χ1n) is 7.63. The Kier molecular flexibility index (Phi) is 4.68. The number of nitrogen functional groups attached to an aromatic ring is 1. The van der Waals surface area contributed by atoms with E-state index in [0.717, 1.165) is 30.0 Å².